The molecule has 1 aromatic carbocycles. The van der Waals surface area contributed by atoms with Crippen molar-refractivity contribution < 1.29 is 9.59 Å². The van der Waals surface area contributed by atoms with Gasteiger partial charge in [-0.15, -0.1) is 0 Å². The van der Waals surface area contributed by atoms with Gasteiger partial charge in [-0.2, -0.15) is 15.8 Å². The number of imide groups is 1. The van der Waals surface area contributed by atoms with Crippen LogP contribution in [0.15, 0.2) is 41.1 Å². The van der Waals surface area contributed by atoms with Gasteiger partial charge in [-0.3, -0.25) is 9.59 Å². The highest BCUT2D eigenvalue weighted by atomic mass is 35.5. The minimum absolute atomic E-state index is 0.0676. The zero-order valence-electron chi connectivity index (χ0n) is 16.1. The predicted octanol–water partition coefficient (Wildman–Crippen LogP) is 2.98. The van der Waals surface area contributed by atoms with E-state index in [1.54, 1.807) is 12.1 Å². The minimum Gasteiger partial charge on any atom is -0.399 e. The number of hydrogen-bond acceptors (Lipinski definition) is 6. The van der Waals surface area contributed by atoms with Gasteiger partial charge in [-0.05, 0) is 42.5 Å². The molecular weight excluding hydrogens is 402 g/mol. The number of fused-ring (bicyclic) bond motifs is 4. The Balaban J connectivity index is 2.23. The third-order valence-electron chi connectivity index (χ3n) is 6.44. The maximum atomic E-state index is 14.0. The van der Waals surface area contributed by atoms with Gasteiger partial charge in [0.05, 0.1) is 29.1 Å². The zero-order valence-corrected chi connectivity index (χ0v) is 16.8. The fraction of sp³-hybridized carbons (Fsp3) is 0.318. The lowest BCUT2D eigenvalue weighted by Crippen LogP contribution is -2.61. The number of carbonyl (C=O) groups excluding carboxylic acids is 2. The van der Waals surface area contributed by atoms with Crippen molar-refractivity contribution in [1.29, 1.82) is 15.8 Å². The lowest BCUT2D eigenvalue weighted by molar-refractivity contribution is -0.131. The standard InChI is InChI=1S/C22H16ClN5O2/c1-12(29)28-18-8-13(23)6-7-17(18)22(20(28)30)16-5-3-2-4-14(16)15(9-24)19(27)21(22,10-25)11-26/h4,6-8,16H,2-3,5,27H2,1H3/t16-,22+/m0/s1. The maximum Gasteiger partial charge on any atom is 0.248 e. The molecule has 4 rings (SSSR count). The fourth-order valence-corrected chi connectivity index (χ4v) is 5.47. The van der Waals surface area contributed by atoms with Crippen molar-refractivity contribution in [3.05, 3.63) is 51.7 Å². The Bertz CT molecular complexity index is 1200. The first-order valence-corrected chi connectivity index (χ1v) is 9.78. The van der Waals surface area contributed by atoms with E-state index in [1.807, 2.05) is 24.3 Å². The number of rotatable bonds is 0. The van der Waals surface area contributed by atoms with Crippen LogP contribution >= 0.6 is 11.6 Å². The van der Waals surface area contributed by atoms with Crippen LogP contribution in [0.4, 0.5) is 5.69 Å². The Morgan fingerprint density at radius 3 is 2.60 bits per heavy atom. The first-order valence-electron chi connectivity index (χ1n) is 9.40. The number of nitriles is 3. The average molecular weight is 418 g/mol. The normalized spacial score (nSPS) is 26.2. The van der Waals surface area contributed by atoms with Gasteiger partial charge in [0.2, 0.25) is 17.2 Å². The van der Waals surface area contributed by atoms with Gasteiger partial charge in [-0.1, -0.05) is 23.7 Å². The molecule has 1 spiro atoms. The molecule has 1 aliphatic heterocycles. The molecule has 0 bridgehead atoms. The summed E-state index contributed by atoms with van der Waals surface area (Å²) in [5.74, 6) is -1.89. The van der Waals surface area contributed by atoms with Crippen molar-refractivity contribution in [3.63, 3.8) is 0 Å². The first kappa shape index (κ1) is 19.7. The molecule has 0 fully saturated rings. The fourth-order valence-electron chi connectivity index (χ4n) is 5.30. The molecule has 0 saturated heterocycles. The number of allylic oxidation sites excluding steroid dienone is 4. The van der Waals surface area contributed by atoms with Crippen LogP contribution in [0.5, 0.6) is 0 Å². The summed E-state index contributed by atoms with van der Waals surface area (Å²) in [4.78, 5) is 27.5. The Kier molecular flexibility index (Phi) is 4.24. The molecule has 2 amide bonds. The van der Waals surface area contributed by atoms with Gasteiger partial charge in [0, 0.05) is 17.9 Å². The summed E-state index contributed by atoms with van der Waals surface area (Å²) in [6.07, 6.45) is 3.70. The number of nitrogens with zero attached hydrogens (tertiary/aromatic N) is 4. The predicted molar refractivity (Wildman–Crippen MR) is 107 cm³/mol. The summed E-state index contributed by atoms with van der Waals surface area (Å²) in [6.45, 7) is 1.24. The van der Waals surface area contributed by atoms with Crippen molar-refractivity contribution in [2.24, 2.45) is 17.1 Å². The molecule has 0 unspecified atom stereocenters. The average Bonchev–Trinajstić information content (AvgIpc) is 2.98. The topological polar surface area (TPSA) is 135 Å². The van der Waals surface area contributed by atoms with Crippen LogP contribution in [0.25, 0.3) is 0 Å². The lowest BCUT2D eigenvalue weighted by atomic mass is 9.47. The molecule has 7 nitrogen and oxygen atoms in total. The van der Waals surface area contributed by atoms with Gasteiger partial charge in [-0.25, -0.2) is 4.90 Å². The van der Waals surface area contributed by atoms with Crippen LogP contribution < -0.4 is 10.6 Å². The molecule has 148 valence electrons. The molecule has 2 N–H and O–H groups in total. The van der Waals surface area contributed by atoms with Crippen molar-refractivity contribution in [1.82, 2.24) is 0 Å². The molecule has 8 heteroatoms. The van der Waals surface area contributed by atoms with Crippen LogP contribution in [0, 0.1) is 45.3 Å². The summed E-state index contributed by atoms with van der Waals surface area (Å²) >= 11 is 6.15. The molecular formula is C22H16ClN5O2. The maximum absolute atomic E-state index is 14.0. The number of amides is 2. The largest absolute Gasteiger partial charge is 0.399 e. The number of benzene rings is 1. The molecule has 0 aromatic heterocycles. The number of carbonyl (C=O) groups is 2. The highest BCUT2D eigenvalue weighted by molar-refractivity contribution is 6.32. The number of nitrogens with two attached hydrogens (primary N) is 1. The van der Waals surface area contributed by atoms with Crippen molar-refractivity contribution in [3.8, 4) is 18.2 Å². The molecule has 0 saturated carbocycles. The summed E-state index contributed by atoms with van der Waals surface area (Å²) < 4.78 is 0. The van der Waals surface area contributed by atoms with Crippen molar-refractivity contribution in [2.45, 2.75) is 31.6 Å². The summed E-state index contributed by atoms with van der Waals surface area (Å²) in [6, 6.07) is 10.6. The highest BCUT2D eigenvalue weighted by Gasteiger charge is 2.72. The summed E-state index contributed by atoms with van der Waals surface area (Å²) in [5, 5.41) is 30.6. The third kappa shape index (κ3) is 2.02. The van der Waals surface area contributed by atoms with Crippen molar-refractivity contribution >= 4 is 29.1 Å². The SMILES string of the molecule is CC(=O)N1C(=O)[C@]2(c3ccc(Cl)cc31)[C@H]1CCCC=C1C(C#N)=C(N)C2(C#N)C#N. The summed E-state index contributed by atoms with van der Waals surface area (Å²) in [7, 11) is 0. The van der Waals surface area contributed by atoms with E-state index in [1.165, 1.54) is 13.0 Å². The van der Waals surface area contributed by atoms with E-state index >= 15 is 0 Å². The van der Waals surface area contributed by atoms with E-state index < -0.39 is 28.6 Å². The van der Waals surface area contributed by atoms with Gasteiger partial charge in [0.15, 0.2) is 0 Å². The highest BCUT2D eigenvalue weighted by Crippen LogP contribution is 2.64. The van der Waals surface area contributed by atoms with Gasteiger partial charge in [0.1, 0.15) is 11.5 Å². The Hall–Kier alpha value is -3.60. The Labute approximate surface area is 178 Å². The van der Waals surface area contributed by atoms with Crippen LogP contribution in [0.2, 0.25) is 5.02 Å². The second kappa shape index (κ2) is 6.46. The zero-order chi connectivity index (χ0) is 21.8. The van der Waals surface area contributed by atoms with E-state index in [2.05, 4.69) is 0 Å². The molecule has 2 aliphatic carbocycles. The number of hydrogen-bond donors (Lipinski definition) is 1. The second-order valence-electron chi connectivity index (χ2n) is 7.65. The van der Waals surface area contributed by atoms with Crippen LogP contribution in [-0.4, -0.2) is 11.8 Å². The second-order valence-corrected chi connectivity index (χ2v) is 8.08. The monoisotopic (exact) mass is 417 g/mol. The molecule has 1 heterocycles. The van der Waals surface area contributed by atoms with E-state index in [-0.39, 0.29) is 17.0 Å². The summed E-state index contributed by atoms with van der Waals surface area (Å²) in [5.41, 5.74) is 3.38. The third-order valence-corrected chi connectivity index (χ3v) is 6.68. The van der Waals surface area contributed by atoms with Crippen LogP contribution in [0.3, 0.4) is 0 Å². The van der Waals surface area contributed by atoms with E-state index in [9.17, 15) is 25.4 Å². The molecule has 3 aliphatic rings. The van der Waals surface area contributed by atoms with Crippen molar-refractivity contribution in [2.75, 3.05) is 4.90 Å². The molecule has 0 radical (unpaired) electrons. The van der Waals surface area contributed by atoms with Crippen LogP contribution in [-0.2, 0) is 15.0 Å². The number of halogens is 1. The molecule has 30 heavy (non-hydrogen) atoms. The minimum atomic E-state index is -2.15. The Morgan fingerprint density at radius 1 is 1.30 bits per heavy atom. The van der Waals surface area contributed by atoms with Crippen LogP contribution in [0.1, 0.15) is 31.7 Å². The molecule has 2 atom stereocenters. The quantitative estimate of drug-likeness (QED) is 0.689. The lowest BCUT2D eigenvalue weighted by Gasteiger charge is -2.49. The first-order chi connectivity index (χ1) is 14.3. The van der Waals surface area contributed by atoms with Gasteiger partial charge >= 0.3 is 0 Å². The van der Waals surface area contributed by atoms with E-state index in [4.69, 9.17) is 17.3 Å². The van der Waals surface area contributed by atoms with E-state index in [0.29, 0.717) is 35.4 Å². The Morgan fingerprint density at radius 2 is 2.00 bits per heavy atom. The smallest absolute Gasteiger partial charge is 0.248 e. The van der Waals surface area contributed by atoms with E-state index in [0.717, 1.165) is 4.90 Å². The van der Waals surface area contributed by atoms with Gasteiger partial charge < -0.3 is 5.73 Å². The number of anilines is 1. The van der Waals surface area contributed by atoms with Gasteiger partial charge in [0.25, 0.3) is 0 Å². The molecule has 1 aromatic rings.